The fraction of sp³-hybridized carbons (Fsp3) is 0.316. The van der Waals surface area contributed by atoms with Crippen molar-refractivity contribution in [2.75, 3.05) is 5.32 Å². The Hall–Kier alpha value is -3.10. The Morgan fingerprint density at radius 3 is 2.32 bits per heavy atom. The maximum Gasteiger partial charge on any atom is 0.435 e. The molecular weight excluding hydrogens is 371 g/mol. The van der Waals surface area contributed by atoms with Crippen LogP contribution in [-0.2, 0) is 19.8 Å². The van der Waals surface area contributed by atoms with Crippen LogP contribution in [0, 0.1) is 20.8 Å². The Labute approximate surface area is 160 Å². The Morgan fingerprint density at radius 1 is 1.11 bits per heavy atom. The number of carbonyl (C=O) groups excluding carboxylic acids is 1. The van der Waals surface area contributed by atoms with Crippen LogP contribution < -0.4 is 5.32 Å². The number of anilines is 1. The van der Waals surface area contributed by atoms with Crippen LogP contribution in [0.4, 0.5) is 18.9 Å². The highest BCUT2D eigenvalue weighted by Gasteiger charge is 2.35. The maximum atomic E-state index is 12.8. The van der Waals surface area contributed by atoms with E-state index in [1.807, 2.05) is 31.2 Å². The van der Waals surface area contributed by atoms with Crippen molar-refractivity contribution in [1.29, 1.82) is 0 Å². The molecular formula is C19H20F3N5O. The van der Waals surface area contributed by atoms with E-state index >= 15 is 0 Å². The van der Waals surface area contributed by atoms with Gasteiger partial charge in [0.05, 0.1) is 23.6 Å². The Balaban J connectivity index is 1.83. The summed E-state index contributed by atoms with van der Waals surface area (Å²) in [6.07, 6.45) is -4.61. The number of carbonyl (C=O) groups is 1. The molecule has 3 rings (SSSR count). The first-order valence-corrected chi connectivity index (χ1v) is 8.58. The second-order valence-corrected chi connectivity index (χ2v) is 6.68. The molecule has 0 saturated carbocycles. The molecule has 148 valence electrons. The SMILES string of the molecule is Cc1ccc(Cn2nc(C)c(NC(=O)c3cc(C(F)(F)F)nn3C)c2C)cc1. The smallest absolute Gasteiger partial charge is 0.317 e. The summed E-state index contributed by atoms with van der Waals surface area (Å²) in [5.74, 6) is -0.674. The van der Waals surface area contributed by atoms with E-state index in [0.29, 0.717) is 23.6 Å². The molecule has 1 aromatic carbocycles. The molecule has 0 aliphatic carbocycles. The molecule has 0 bridgehead atoms. The van der Waals surface area contributed by atoms with Crippen LogP contribution in [0.1, 0.15) is 38.7 Å². The van der Waals surface area contributed by atoms with Crippen LogP contribution in [-0.4, -0.2) is 25.5 Å². The first-order valence-electron chi connectivity index (χ1n) is 8.58. The molecule has 28 heavy (non-hydrogen) atoms. The van der Waals surface area contributed by atoms with Gasteiger partial charge in [0.15, 0.2) is 5.69 Å². The van der Waals surface area contributed by atoms with Gasteiger partial charge in [-0.15, -0.1) is 0 Å². The predicted molar refractivity (Wildman–Crippen MR) is 98.1 cm³/mol. The minimum absolute atomic E-state index is 0.183. The zero-order valence-corrected chi connectivity index (χ0v) is 15.9. The van der Waals surface area contributed by atoms with Gasteiger partial charge >= 0.3 is 6.18 Å². The number of nitrogens with zero attached hydrogens (tertiary/aromatic N) is 4. The van der Waals surface area contributed by atoms with Crippen LogP contribution in [0.5, 0.6) is 0 Å². The van der Waals surface area contributed by atoms with Crippen molar-refractivity contribution in [2.24, 2.45) is 7.05 Å². The van der Waals surface area contributed by atoms with Crippen LogP contribution in [0.2, 0.25) is 0 Å². The number of aryl methyl sites for hydroxylation is 3. The third-order valence-electron chi connectivity index (χ3n) is 4.48. The van der Waals surface area contributed by atoms with Gasteiger partial charge in [0, 0.05) is 13.1 Å². The molecule has 0 spiro atoms. The van der Waals surface area contributed by atoms with Gasteiger partial charge in [-0.25, -0.2) is 0 Å². The van der Waals surface area contributed by atoms with E-state index in [0.717, 1.165) is 21.9 Å². The number of rotatable bonds is 4. The van der Waals surface area contributed by atoms with Gasteiger partial charge in [-0.3, -0.25) is 14.2 Å². The Bertz CT molecular complexity index is 1020. The second kappa shape index (κ2) is 7.14. The Kier molecular flexibility index (Phi) is 5.01. The average molecular weight is 391 g/mol. The number of alkyl halides is 3. The standard InChI is InChI=1S/C19H20F3N5O/c1-11-5-7-14(8-6-11)10-27-13(3)17(12(2)24-27)23-18(28)15-9-16(19(20,21)22)25-26(15)4/h5-9H,10H2,1-4H3,(H,23,28). The molecule has 0 aliphatic rings. The lowest BCUT2D eigenvalue weighted by Crippen LogP contribution is -2.17. The molecule has 0 unspecified atom stereocenters. The number of hydrogen-bond donors (Lipinski definition) is 1. The van der Waals surface area contributed by atoms with Crippen molar-refractivity contribution in [3.63, 3.8) is 0 Å². The van der Waals surface area contributed by atoms with Gasteiger partial charge in [0.25, 0.3) is 5.91 Å². The number of aromatic nitrogens is 4. The summed E-state index contributed by atoms with van der Waals surface area (Å²) >= 11 is 0. The molecule has 0 atom stereocenters. The molecule has 6 nitrogen and oxygen atoms in total. The third-order valence-corrected chi connectivity index (χ3v) is 4.48. The second-order valence-electron chi connectivity index (χ2n) is 6.68. The van der Waals surface area contributed by atoms with Crippen molar-refractivity contribution < 1.29 is 18.0 Å². The predicted octanol–water partition coefficient (Wildman–Crippen LogP) is 3.86. The molecule has 0 fully saturated rings. The number of halogens is 3. The normalized spacial score (nSPS) is 11.7. The minimum Gasteiger partial charge on any atom is -0.317 e. The summed E-state index contributed by atoms with van der Waals surface area (Å²) in [5, 5.41) is 10.5. The summed E-state index contributed by atoms with van der Waals surface area (Å²) in [5.41, 5.74) is 2.68. The minimum atomic E-state index is -4.61. The monoisotopic (exact) mass is 391 g/mol. The maximum absolute atomic E-state index is 12.8. The van der Waals surface area contributed by atoms with Crippen molar-refractivity contribution in [3.05, 3.63) is 64.2 Å². The van der Waals surface area contributed by atoms with Gasteiger partial charge in [0.2, 0.25) is 0 Å². The zero-order chi connectivity index (χ0) is 20.6. The van der Waals surface area contributed by atoms with Crippen LogP contribution in [0.3, 0.4) is 0 Å². The molecule has 3 aromatic rings. The van der Waals surface area contributed by atoms with E-state index < -0.39 is 17.8 Å². The van der Waals surface area contributed by atoms with E-state index in [1.54, 1.807) is 18.5 Å². The van der Waals surface area contributed by atoms with E-state index in [1.165, 1.54) is 7.05 Å². The Morgan fingerprint density at radius 2 is 1.75 bits per heavy atom. The summed E-state index contributed by atoms with van der Waals surface area (Å²) < 4.78 is 41.1. The van der Waals surface area contributed by atoms with E-state index in [2.05, 4.69) is 15.5 Å². The first kappa shape index (κ1) is 19.7. The summed E-state index contributed by atoms with van der Waals surface area (Å²) in [6, 6.07) is 8.74. The van der Waals surface area contributed by atoms with E-state index in [-0.39, 0.29) is 5.69 Å². The van der Waals surface area contributed by atoms with Crippen LogP contribution in [0.15, 0.2) is 30.3 Å². The lowest BCUT2D eigenvalue weighted by molar-refractivity contribution is -0.141. The van der Waals surface area contributed by atoms with Gasteiger partial charge in [-0.1, -0.05) is 29.8 Å². The number of nitrogens with one attached hydrogen (secondary N) is 1. The molecule has 9 heteroatoms. The molecule has 1 amide bonds. The third kappa shape index (κ3) is 3.92. The van der Waals surface area contributed by atoms with Crippen molar-refractivity contribution in [2.45, 2.75) is 33.5 Å². The topological polar surface area (TPSA) is 64.7 Å². The van der Waals surface area contributed by atoms with Crippen molar-refractivity contribution >= 4 is 11.6 Å². The largest absolute Gasteiger partial charge is 0.435 e. The molecule has 0 saturated heterocycles. The average Bonchev–Trinajstić information content (AvgIpc) is 3.12. The fourth-order valence-electron chi connectivity index (χ4n) is 2.89. The summed E-state index contributed by atoms with van der Waals surface area (Å²) in [4.78, 5) is 12.5. The molecule has 2 heterocycles. The highest BCUT2D eigenvalue weighted by molar-refractivity contribution is 6.03. The zero-order valence-electron chi connectivity index (χ0n) is 15.9. The van der Waals surface area contributed by atoms with Crippen molar-refractivity contribution in [1.82, 2.24) is 19.6 Å². The van der Waals surface area contributed by atoms with Gasteiger partial charge in [-0.05, 0) is 26.3 Å². The first-order chi connectivity index (χ1) is 13.1. The lowest BCUT2D eigenvalue weighted by Gasteiger charge is -2.08. The van der Waals surface area contributed by atoms with E-state index in [4.69, 9.17) is 0 Å². The number of amides is 1. The molecule has 1 N–H and O–H groups in total. The number of benzene rings is 1. The fourth-order valence-corrected chi connectivity index (χ4v) is 2.89. The summed E-state index contributed by atoms with van der Waals surface area (Å²) in [6.45, 7) is 6.06. The highest BCUT2D eigenvalue weighted by atomic mass is 19.4. The summed E-state index contributed by atoms with van der Waals surface area (Å²) in [7, 11) is 1.30. The van der Waals surface area contributed by atoms with Gasteiger partial charge in [-0.2, -0.15) is 23.4 Å². The van der Waals surface area contributed by atoms with Gasteiger partial charge in [0.1, 0.15) is 5.69 Å². The highest BCUT2D eigenvalue weighted by Crippen LogP contribution is 2.29. The van der Waals surface area contributed by atoms with Crippen LogP contribution >= 0.6 is 0 Å². The number of hydrogen-bond acceptors (Lipinski definition) is 3. The van der Waals surface area contributed by atoms with Gasteiger partial charge < -0.3 is 5.32 Å². The quantitative estimate of drug-likeness (QED) is 0.735. The molecule has 0 radical (unpaired) electrons. The molecule has 0 aliphatic heterocycles. The van der Waals surface area contributed by atoms with E-state index in [9.17, 15) is 18.0 Å². The van der Waals surface area contributed by atoms with Crippen molar-refractivity contribution in [3.8, 4) is 0 Å². The molecule has 2 aromatic heterocycles. The lowest BCUT2D eigenvalue weighted by atomic mass is 10.1. The van der Waals surface area contributed by atoms with Crippen LogP contribution in [0.25, 0.3) is 0 Å².